The second kappa shape index (κ2) is 12.1. The van der Waals surface area contributed by atoms with Gasteiger partial charge in [-0.05, 0) is 62.1 Å². The monoisotopic (exact) mass is 516 g/mol. The second-order valence-corrected chi connectivity index (χ2v) is 11.3. The van der Waals surface area contributed by atoms with Crippen LogP contribution in [0.1, 0.15) is 84.9 Å². The summed E-state index contributed by atoms with van der Waals surface area (Å²) in [6.07, 6.45) is 8.44. The van der Waals surface area contributed by atoms with Crippen molar-refractivity contribution < 1.29 is 27.2 Å². The van der Waals surface area contributed by atoms with Crippen molar-refractivity contribution in [3.8, 4) is 0 Å². The average Bonchev–Trinajstić information content (AvgIpc) is 3.13. The van der Waals surface area contributed by atoms with E-state index in [0.717, 1.165) is 68.0 Å². The molecule has 2 aliphatic rings. The molecule has 2 aromatic rings. The van der Waals surface area contributed by atoms with Crippen LogP contribution in [0.25, 0.3) is 0 Å². The van der Waals surface area contributed by atoms with Crippen molar-refractivity contribution in [3.05, 3.63) is 65.5 Å². The highest BCUT2D eigenvalue weighted by atomic mass is 32.2. The number of benzene rings is 2. The van der Waals surface area contributed by atoms with Crippen LogP contribution in [0, 0.1) is 5.82 Å². The molecule has 7 nitrogen and oxygen atoms in total. The smallest absolute Gasteiger partial charge is 0.265 e. The Hall–Kier alpha value is -2.62. The molecule has 1 aliphatic carbocycles. The zero-order chi connectivity index (χ0) is 25.5. The summed E-state index contributed by atoms with van der Waals surface area (Å²) >= 11 is 0. The number of amides is 2. The molecule has 1 fully saturated rings. The first-order valence-electron chi connectivity index (χ1n) is 12.8. The minimum absolute atomic E-state index is 0.0145. The number of carbonyl (C=O) groups is 2. The van der Waals surface area contributed by atoms with Gasteiger partial charge in [0, 0.05) is 13.1 Å². The third-order valence-electron chi connectivity index (χ3n) is 6.80. The maximum Gasteiger partial charge on any atom is 0.265 e. The van der Waals surface area contributed by atoms with Crippen molar-refractivity contribution in [1.82, 2.24) is 9.37 Å². The molecule has 2 amide bonds. The molecule has 1 saturated carbocycles. The first-order valence-corrected chi connectivity index (χ1v) is 14.2. The Morgan fingerprint density at radius 2 is 1.42 bits per heavy atom. The number of imide groups is 1. The molecule has 9 heteroatoms. The number of fused-ring (bicyclic) bond motifs is 1. The van der Waals surface area contributed by atoms with Gasteiger partial charge in [-0.3, -0.25) is 19.3 Å². The first kappa shape index (κ1) is 26.4. The zero-order valence-electron chi connectivity index (χ0n) is 20.4. The lowest BCUT2D eigenvalue weighted by Crippen LogP contribution is -2.37. The molecule has 0 atom stereocenters. The van der Waals surface area contributed by atoms with Crippen LogP contribution < -0.4 is 0 Å². The Labute approximate surface area is 212 Å². The highest BCUT2D eigenvalue weighted by molar-refractivity contribution is 7.89. The molecule has 1 heterocycles. The third-order valence-corrected chi connectivity index (χ3v) is 8.47. The van der Waals surface area contributed by atoms with E-state index in [9.17, 15) is 22.4 Å². The van der Waals surface area contributed by atoms with Crippen LogP contribution in [0.3, 0.4) is 0 Å². The maximum atomic E-state index is 13.3. The molecule has 0 bridgehead atoms. The topological polar surface area (TPSA) is 84.0 Å². The lowest BCUT2D eigenvalue weighted by atomic mass is 9.98. The van der Waals surface area contributed by atoms with Crippen molar-refractivity contribution >= 4 is 21.8 Å². The quantitative estimate of drug-likeness (QED) is 0.216. The predicted octanol–water partition coefficient (Wildman–Crippen LogP) is 5.33. The van der Waals surface area contributed by atoms with Crippen LogP contribution in [-0.2, 0) is 14.9 Å². The van der Waals surface area contributed by atoms with Gasteiger partial charge < -0.3 is 0 Å². The summed E-state index contributed by atoms with van der Waals surface area (Å²) < 4.78 is 40.8. The fraction of sp³-hybridized carbons (Fsp3) is 0.481. The van der Waals surface area contributed by atoms with Crippen molar-refractivity contribution in [3.63, 3.8) is 0 Å². The molecular formula is C27H33FN2O5S. The fourth-order valence-corrected chi connectivity index (χ4v) is 6.09. The summed E-state index contributed by atoms with van der Waals surface area (Å²) in [6, 6.07) is 11.7. The van der Waals surface area contributed by atoms with E-state index in [0.29, 0.717) is 30.5 Å². The van der Waals surface area contributed by atoms with E-state index in [-0.39, 0.29) is 29.4 Å². The number of nitrogens with zero attached hydrogens (tertiary/aromatic N) is 2. The molecule has 0 aromatic heterocycles. The van der Waals surface area contributed by atoms with Crippen LogP contribution >= 0.6 is 0 Å². The minimum atomic E-state index is -3.90. The average molecular weight is 517 g/mol. The van der Waals surface area contributed by atoms with Gasteiger partial charge in [-0.15, -0.1) is 0 Å². The number of halogens is 1. The molecule has 0 spiro atoms. The van der Waals surface area contributed by atoms with E-state index < -0.39 is 15.8 Å². The number of hydrogen-bond donors (Lipinski definition) is 0. The Morgan fingerprint density at radius 1 is 0.833 bits per heavy atom. The van der Waals surface area contributed by atoms with E-state index in [1.807, 2.05) is 0 Å². The van der Waals surface area contributed by atoms with Crippen LogP contribution in [-0.4, -0.2) is 48.8 Å². The summed E-state index contributed by atoms with van der Waals surface area (Å²) in [6.45, 7) is 0.594. The van der Waals surface area contributed by atoms with Gasteiger partial charge >= 0.3 is 0 Å². The number of carbonyl (C=O) groups excluding carboxylic acids is 2. The summed E-state index contributed by atoms with van der Waals surface area (Å²) in [5.74, 6) is -0.968. The van der Waals surface area contributed by atoms with Gasteiger partial charge in [-0.1, -0.05) is 55.1 Å². The van der Waals surface area contributed by atoms with Crippen molar-refractivity contribution in [2.75, 3.05) is 13.1 Å². The molecule has 0 saturated heterocycles. The van der Waals surface area contributed by atoms with Crippen LogP contribution in [0.2, 0.25) is 0 Å². The number of unbranched alkanes of at least 4 members (excludes halogenated alkanes) is 4. The summed E-state index contributed by atoms with van der Waals surface area (Å²) in [7, 11) is -3.90. The SMILES string of the molecule is O=C1c2ccccc2C(=O)N1CCCCCCCN(OC1CCCCC1)S(=O)(=O)c1ccc(F)cc1. The molecule has 0 radical (unpaired) electrons. The Kier molecular flexibility index (Phi) is 8.87. The van der Waals surface area contributed by atoms with Gasteiger partial charge in [0.05, 0.1) is 22.1 Å². The van der Waals surface area contributed by atoms with Crippen LogP contribution in [0.5, 0.6) is 0 Å². The Balaban J connectivity index is 1.25. The number of hydroxylamine groups is 1. The van der Waals surface area contributed by atoms with Crippen LogP contribution in [0.4, 0.5) is 4.39 Å². The van der Waals surface area contributed by atoms with E-state index >= 15 is 0 Å². The lowest BCUT2D eigenvalue weighted by molar-refractivity contribution is -0.143. The lowest BCUT2D eigenvalue weighted by Gasteiger charge is -2.29. The fourth-order valence-electron chi connectivity index (χ4n) is 4.77. The normalized spacial score (nSPS) is 16.7. The Bertz CT molecular complexity index is 1130. The highest BCUT2D eigenvalue weighted by Gasteiger charge is 2.34. The van der Waals surface area contributed by atoms with Gasteiger partial charge in [-0.2, -0.15) is 0 Å². The number of sulfonamides is 1. The molecule has 0 N–H and O–H groups in total. The van der Waals surface area contributed by atoms with E-state index in [1.54, 1.807) is 24.3 Å². The molecule has 0 unspecified atom stereocenters. The van der Waals surface area contributed by atoms with Crippen LogP contribution in [0.15, 0.2) is 53.4 Å². The summed E-state index contributed by atoms with van der Waals surface area (Å²) in [5.41, 5.74) is 0.922. The largest absolute Gasteiger partial charge is 0.281 e. The predicted molar refractivity (Wildman–Crippen MR) is 133 cm³/mol. The summed E-state index contributed by atoms with van der Waals surface area (Å²) in [5, 5.41) is 0. The van der Waals surface area contributed by atoms with Gasteiger partial charge in [0.1, 0.15) is 5.82 Å². The molecule has 2 aromatic carbocycles. The second-order valence-electron chi connectivity index (χ2n) is 9.43. The summed E-state index contributed by atoms with van der Waals surface area (Å²) in [4.78, 5) is 32.2. The molecule has 1 aliphatic heterocycles. The Morgan fingerprint density at radius 3 is 2.06 bits per heavy atom. The van der Waals surface area contributed by atoms with Gasteiger partial charge in [0.25, 0.3) is 21.8 Å². The highest BCUT2D eigenvalue weighted by Crippen LogP contribution is 2.26. The van der Waals surface area contributed by atoms with Crippen molar-refractivity contribution in [1.29, 1.82) is 0 Å². The van der Waals surface area contributed by atoms with Gasteiger partial charge in [0.15, 0.2) is 0 Å². The third kappa shape index (κ3) is 6.19. The van der Waals surface area contributed by atoms with Crippen molar-refractivity contribution in [2.24, 2.45) is 0 Å². The molecular weight excluding hydrogens is 483 g/mol. The van der Waals surface area contributed by atoms with E-state index in [4.69, 9.17) is 4.84 Å². The van der Waals surface area contributed by atoms with Crippen molar-refractivity contribution in [2.45, 2.75) is 75.2 Å². The number of hydrogen-bond acceptors (Lipinski definition) is 5. The van der Waals surface area contributed by atoms with E-state index in [1.165, 1.54) is 17.0 Å². The maximum absolute atomic E-state index is 13.3. The first-order chi connectivity index (χ1) is 17.4. The zero-order valence-corrected chi connectivity index (χ0v) is 21.2. The van der Waals surface area contributed by atoms with Gasteiger partial charge in [-0.25, -0.2) is 12.8 Å². The minimum Gasteiger partial charge on any atom is -0.281 e. The van der Waals surface area contributed by atoms with Gasteiger partial charge in [0.2, 0.25) is 0 Å². The standard InChI is InChI=1S/C27H33FN2O5S/c28-21-15-17-23(18-16-21)36(33,34)30(35-22-11-5-4-6-12-22)20-10-3-1-2-9-19-29-26(31)24-13-7-8-14-25(24)27(29)32/h7-8,13-18,22H,1-6,9-12,19-20H2. The molecule has 194 valence electrons. The van der Waals surface area contributed by atoms with E-state index in [2.05, 4.69) is 0 Å². The number of rotatable bonds is 12. The molecule has 4 rings (SSSR count). The molecule has 36 heavy (non-hydrogen) atoms.